The molecule has 2 atom stereocenters. The molecule has 17 heavy (non-hydrogen) atoms. The minimum atomic E-state index is -0.348. The van der Waals surface area contributed by atoms with Crippen LogP contribution in [0.15, 0.2) is 6.07 Å². The summed E-state index contributed by atoms with van der Waals surface area (Å²) in [6, 6.07) is 1.88. The van der Waals surface area contributed by atoms with Crippen molar-refractivity contribution < 1.29 is 9.53 Å². The van der Waals surface area contributed by atoms with Crippen molar-refractivity contribution in [2.45, 2.75) is 13.8 Å². The first-order valence-electron chi connectivity index (χ1n) is 5.75. The molecule has 0 saturated carbocycles. The Morgan fingerprint density at radius 1 is 1.47 bits per heavy atom. The zero-order valence-electron chi connectivity index (χ0n) is 10.4. The zero-order chi connectivity index (χ0) is 12.6. The number of hydrogen-bond donors (Lipinski definition) is 1. The molecule has 0 amide bonds. The summed E-state index contributed by atoms with van der Waals surface area (Å²) in [5.41, 5.74) is 6.36. The van der Waals surface area contributed by atoms with Gasteiger partial charge in [0, 0.05) is 13.1 Å². The molecule has 0 aliphatic carbocycles. The van der Waals surface area contributed by atoms with Crippen molar-refractivity contribution in [1.29, 1.82) is 0 Å². The first-order valence-corrected chi connectivity index (χ1v) is 6.57. The second-order valence-electron chi connectivity index (χ2n) is 4.72. The molecule has 1 aliphatic rings. The van der Waals surface area contributed by atoms with Gasteiger partial charge in [0.25, 0.3) is 0 Å². The standard InChI is InChI=1S/C12H18N2O2S/c1-7-5-14(6-8(7)2)10-4-9(13)11(17-10)12(15)16-3/h4,7-8H,5-6,13H2,1-3H3. The first kappa shape index (κ1) is 12.2. The van der Waals surface area contributed by atoms with E-state index in [1.807, 2.05) is 6.07 Å². The van der Waals surface area contributed by atoms with Crippen molar-refractivity contribution in [2.75, 3.05) is 30.8 Å². The topological polar surface area (TPSA) is 55.6 Å². The van der Waals surface area contributed by atoms with Crippen molar-refractivity contribution >= 4 is 28.0 Å². The first-order chi connectivity index (χ1) is 8.02. The summed E-state index contributed by atoms with van der Waals surface area (Å²) in [5.74, 6) is 1.01. The number of esters is 1. The van der Waals surface area contributed by atoms with E-state index in [9.17, 15) is 4.79 Å². The smallest absolute Gasteiger partial charge is 0.350 e. The van der Waals surface area contributed by atoms with Crippen molar-refractivity contribution in [2.24, 2.45) is 11.8 Å². The van der Waals surface area contributed by atoms with Gasteiger partial charge in [0.1, 0.15) is 4.88 Å². The van der Waals surface area contributed by atoms with Crippen LogP contribution < -0.4 is 10.6 Å². The lowest BCUT2D eigenvalue weighted by molar-refractivity contribution is 0.0607. The Bertz CT molecular complexity index is 420. The van der Waals surface area contributed by atoms with Crippen LogP contribution in [0.2, 0.25) is 0 Å². The number of anilines is 2. The van der Waals surface area contributed by atoms with Gasteiger partial charge >= 0.3 is 5.97 Å². The molecule has 0 spiro atoms. The SMILES string of the molecule is COC(=O)c1sc(N2CC(C)C(C)C2)cc1N. The average Bonchev–Trinajstić information content (AvgIpc) is 2.82. The second-order valence-corrected chi connectivity index (χ2v) is 5.75. The summed E-state index contributed by atoms with van der Waals surface area (Å²) < 4.78 is 4.71. The molecule has 2 heterocycles. The fraction of sp³-hybridized carbons (Fsp3) is 0.583. The van der Waals surface area contributed by atoms with Gasteiger partial charge in [0.2, 0.25) is 0 Å². The summed E-state index contributed by atoms with van der Waals surface area (Å²) in [4.78, 5) is 14.3. The van der Waals surface area contributed by atoms with E-state index in [0.29, 0.717) is 22.4 Å². The summed E-state index contributed by atoms with van der Waals surface area (Å²) in [7, 11) is 1.38. The number of thiophene rings is 1. The molecular weight excluding hydrogens is 236 g/mol. The summed E-state index contributed by atoms with van der Waals surface area (Å²) in [5, 5.41) is 1.07. The molecule has 0 radical (unpaired) electrons. The number of nitrogens with zero attached hydrogens (tertiary/aromatic N) is 1. The van der Waals surface area contributed by atoms with Gasteiger partial charge in [-0.05, 0) is 17.9 Å². The fourth-order valence-corrected chi connectivity index (χ4v) is 3.13. The number of nitrogen functional groups attached to an aromatic ring is 1. The lowest BCUT2D eigenvalue weighted by Gasteiger charge is -2.14. The van der Waals surface area contributed by atoms with Crippen LogP contribution >= 0.6 is 11.3 Å². The van der Waals surface area contributed by atoms with Gasteiger partial charge in [0.05, 0.1) is 17.8 Å². The average molecular weight is 254 g/mol. The van der Waals surface area contributed by atoms with Crippen molar-refractivity contribution in [1.82, 2.24) is 0 Å². The Morgan fingerprint density at radius 2 is 2.06 bits per heavy atom. The third-order valence-electron chi connectivity index (χ3n) is 3.42. The van der Waals surface area contributed by atoms with Gasteiger partial charge in [-0.3, -0.25) is 0 Å². The Hall–Kier alpha value is -1.23. The van der Waals surface area contributed by atoms with Gasteiger partial charge in [-0.1, -0.05) is 13.8 Å². The third-order valence-corrected chi connectivity index (χ3v) is 4.61. The third kappa shape index (κ3) is 2.24. The van der Waals surface area contributed by atoms with E-state index >= 15 is 0 Å². The molecule has 4 nitrogen and oxygen atoms in total. The maximum atomic E-state index is 11.5. The highest BCUT2D eigenvalue weighted by Crippen LogP contribution is 2.36. The lowest BCUT2D eigenvalue weighted by atomic mass is 10.0. The minimum Gasteiger partial charge on any atom is -0.465 e. The number of ether oxygens (including phenoxy) is 1. The number of hydrogen-bond acceptors (Lipinski definition) is 5. The molecule has 1 saturated heterocycles. The Labute approximate surface area is 105 Å². The summed E-state index contributed by atoms with van der Waals surface area (Å²) in [6.45, 7) is 6.56. The van der Waals surface area contributed by atoms with Crippen molar-refractivity contribution in [3.8, 4) is 0 Å². The molecule has 0 bridgehead atoms. The van der Waals surface area contributed by atoms with Crippen molar-refractivity contribution in [3.05, 3.63) is 10.9 Å². The van der Waals surface area contributed by atoms with Crippen LogP contribution in [0.25, 0.3) is 0 Å². The van der Waals surface area contributed by atoms with Gasteiger partial charge in [0.15, 0.2) is 0 Å². The number of nitrogens with two attached hydrogens (primary N) is 1. The van der Waals surface area contributed by atoms with Crippen LogP contribution in [0, 0.1) is 11.8 Å². The molecule has 1 aromatic heterocycles. The highest BCUT2D eigenvalue weighted by molar-refractivity contribution is 7.18. The minimum absolute atomic E-state index is 0.348. The quantitative estimate of drug-likeness (QED) is 0.822. The lowest BCUT2D eigenvalue weighted by Crippen LogP contribution is -2.18. The van der Waals surface area contributed by atoms with Crippen LogP contribution in [0.3, 0.4) is 0 Å². The largest absolute Gasteiger partial charge is 0.465 e. The Balaban J connectivity index is 2.21. The van der Waals surface area contributed by atoms with Crippen LogP contribution in [0.4, 0.5) is 10.7 Å². The van der Waals surface area contributed by atoms with Crippen molar-refractivity contribution in [3.63, 3.8) is 0 Å². The molecule has 1 aromatic rings. The molecule has 1 aliphatic heterocycles. The fourth-order valence-electron chi connectivity index (χ4n) is 2.11. The predicted octanol–water partition coefficient (Wildman–Crippen LogP) is 2.21. The summed E-state index contributed by atoms with van der Waals surface area (Å²) in [6.07, 6.45) is 0. The van der Waals surface area contributed by atoms with Crippen LogP contribution in [-0.4, -0.2) is 26.2 Å². The van der Waals surface area contributed by atoms with E-state index in [2.05, 4.69) is 18.7 Å². The van der Waals surface area contributed by atoms with Crippen LogP contribution in [0.1, 0.15) is 23.5 Å². The summed E-state index contributed by atoms with van der Waals surface area (Å²) >= 11 is 1.42. The molecule has 0 aromatic carbocycles. The van der Waals surface area contributed by atoms with E-state index in [-0.39, 0.29) is 5.97 Å². The Morgan fingerprint density at radius 3 is 2.59 bits per heavy atom. The van der Waals surface area contributed by atoms with Gasteiger partial charge in [-0.15, -0.1) is 11.3 Å². The number of carbonyl (C=O) groups is 1. The van der Waals surface area contributed by atoms with Gasteiger partial charge in [-0.25, -0.2) is 4.79 Å². The highest BCUT2D eigenvalue weighted by atomic mass is 32.1. The van der Waals surface area contributed by atoms with Crippen LogP contribution in [0.5, 0.6) is 0 Å². The molecule has 5 heteroatoms. The van der Waals surface area contributed by atoms with E-state index in [0.717, 1.165) is 18.1 Å². The maximum Gasteiger partial charge on any atom is 0.350 e. The Kier molecular flexibility index (Phi) is 3.28. The zero-order valence-corrected chi connectivity index (χ0v) is 11.2. The van der Waals surface area contributed by atoms with E-state index in [1.165, 1.54) is 18.4 Å². The predicted molar refractivity (Wildman–Crippen MR) is 70.6 cm³/mol. The maximum absolute atomic E-state index is 11.5. The molecule has 2 unspecified atom stereocenters. The van der Waals surface area contributed by atoms with Crippen LogP contribution in [-0.2, 0) is 4.74 Å². The number of rotatable bonds is 2. The van der Waals surface area contributed by atoms with E-state index in [1.54, 1.807) is 0 Å². The molecule has 2 rings (SSSR count). The van der Waals surface area contributed by atoms with Gasteiger partial charge in [-0.2, -0.15) is 0 Å². The molecule has 94 valence electrons. The number of carbonyl (C=O) groups excluding carboxylic acids is 1. The molecule has 1 fully saturated rings. The van der Waals surface area contributed by atoms with Gasteiger partial charge < -0.3 is 15.4 Å². The van der Waals surface area contributed by atoms with E-state index < -0.39 is 0 Å². The van der Waals surface area contributed by atoms with E-state index in [4.69, 9.17) is 10.5 Å². The molecule has 2 N–H and O–H groups in total. The number of methoxy groups -OCH3 is 1. The molecular formula is C12H18N2O2S. The second kappa shape index (κ2) is 4.56. The normalized spacial score (nSPS) is 24.1. The monoisotopic (exact) mass is 254 g/mol. The highest BCUT2D eigenvalue weighted by Gasteiger charge is 2.28.